The first-order valence-corrected chi connectivity index (χ1v) is 9.56. The second kappa shape index (κ2) is 8.85. The summed E-state index contributed by atoms with van der Waals surface area (Å²) < 4.78 is 84.5. The number of nitro benzene ring substituents is 1. The molecule has 34 heavy (non-hydrogen) atoms. The van der Waals surface area contributed by atoms with E-state index in [9.17, 15) is 46.0 Å². The van der Waals surface area contributed by atoms with Gasteiger partial charge in [-0.2, -0.15) is 26.3 Å². The average molecular weight is 508 g/mol. The maximum absolute atomic E-state index is 13.6. The summed E-state index contributed by atoms with van der Waals surface area (Å²) in [5, 5.41) is 16.2. The minimum atomic E-state index is -5.00. The summed E-state index contributed by atoms with van der Waals surface area (Å²) >= 11 is 0.272. The fourth-order valence-electron chi connectivity index (χ4n) is 2.79. The Morgan fingerprint density at radius 3 is 2.35 bits per heavy atom. The highest BCUT2D eigenvalue weighted by Gasteiger charge is 2.36. The number of hydrogen-bond acceptors (Lipinski definition) is 7. The van der Waals surface area contributed by atoms with Crippen LogP contribution in [0.5, 0.6) is 0 Å². The number of H-pyrrole nitrogens is 1. The van der Waals surface area contributed by atoms with Gasteiger partial charge in [0.2, 0.25) is 5.16 Å². The molecule has 0 saturated carbocycles. The predicted molar refractivity (Wildman–Crippen MR) is 103 cm³/mol. The monoisotopic (exact) mass is 508 g/mol. The summed E-state index contributed by atoms with van der Waals surface area (Å²) in [5.41, 5.74) is -6.10. The van der Waals surface area contributed by atoms with Crippen molar-refractivity contribution in [3.8, 4) is 5.69 Å². The largest absolute Gasteiger partial charge is 0.465 e. The maximum atomic E-state index is 13.6. The van der Waals surface area contributed by atoms with Crippen molar-refractivity contribution in [3.05, 3.63) is 73.7 Å². The van der Waals surface area contributed by atoms with E-state index in [1.165, 1.54) is 0 Å². The van der Waals surface area contributed by atoms with Gasteiger partial charge in [0, 0.05) is 6.07 Å². The van der Waals surface area contributed by atoms with E-state index in [-0.39, 0.29) is 23.4 Å². The third-order valence-corrected chi connectivity index (χ3v) is 5.31. The highest BCUT2D eigenvalue weighted by molar-refractivity contribution is 7.99. The van der Waals surface area contributed by atoms with Crippen molar-refractivity contribution < 1.29 is 40.8 Å². The number of nitrogens with zero attached hydrogens (tertiary/aromatic N) is 3. The number of carbonyl (C=O) groups is 1. The van der Waals surface area contributed by atoms with Crippen LogP contribution in [0.25, 0.3) is 5.69 Å². The van der Waals surface area contributed by atoms with Crippen LogP contribution in [0, 0.1) is 10.1 Å². The van der Waals surface area contributed by atoms with Gasteiger partial charge in [-0.25, -0.2) is 19.3 Å². The van der Waals surface area contributed by atoms with Crippen LogP contribution in [0.3, 0.4) is 0 Å². The van der Waals surface area contributed by atoms with E-state index in [1.807, 2.05) is 5.10 Å². The second-order valence-electron chi connectivity index (χ2n) is 6.41. The van der Waals surface area contributed by atoms with Crippen LogP contribution in [0.4, 0.5) is 32.0 Å². The van der Waals surface area contributed by atoms with Crippen LogP contribution in [0.15, 0.2) is 51.2 Å². The van der Waals surface area contributed by atoms with E-state index in [0.29, 0.717) is 22.8 Å². The second-order valence-corrected chi connectivity index (χ2v) is 7.42. The predicted octanol–water partition coefficient (Wildman–Crippen LogP) is 4.44. The number of nitro groups is 1. The molecule has 1 N–H and O–H groups in total. The Labute approximate surface area is 188 Å². The van der Waals surface area contributed by atoms with Crippen molar-refractivity contribution in [1.82, 2.24) is 14.8 Å². The number of carbonyl (C=O) groups excluding carboxylic acids is 1. The number of halogens is 6. The van der Waals surface area contributed by atoms with Crippen LogP contribution >= 0.6 is 11.8 Å². The fourth-order valence-corrected chi connectivity index (χ4v) is 3.72. The van der Waals surface area contributed by atoms with Crippen molar-refractivity contribution in [2.45, 2.75) is 22.4 Å². The maximum Gasteiger partial charge on any atom is 0.418 e. The fraction of sp³-hybridized carbons (Fsp3) is 0.167. The van der Waals surface area contributed by atoms with E-state index in [2.05, 4.69) is 9.84 Å². The molecule has 0 amide bonds. The van der Waals surface area contributed by atoms with Gasteiger partial charge in [-0.1, -0.05) is 0 Å². The van der Waals surface area contributed by atoms with Crippen molar-refractivity contribution in [2.75, 3.05) is 7.11 Å². The van der Waals surface area contributed by atoms with Crippen molar-refractivity contribution in [1.29, 1.82) is 0 Å². The molecule has 0 unspecified atom stereocenters. The Kier molecular flexibility index (Phi) is 6.46. The van der Waals surface area contributed by atoms with E-state index in [0.717, 1.165) is 19.2 Å². The highest BCUT2D eigenvalue weighted by atomic mass is 32.2. The Morgan fingerprint density at radius 1 is 1.12 bits per heavy atom. The molecule has 0 atom stereocenters. The Hall–Kier alpha value is -3.82. The van der Waals surface area contributed by atoms with Crippen molar-refractivity contribution in [2.24, 2.45) is 0 Å². The summed E-state index contributed by atoms with van der Waals surface area (Å²) in [5.74, 6) is -1.01. The quantitative estimate of drug-likeness (QED) is 0.234. The SMILES string of the molecule is COC(=O)c1ccc(C(F)(F)F)c(-n2c(Sc3ccc(C(F)(F)F)cc3[N+](=O)[O-])n[nH]c2=O)c1. The molecule has 0 bridgehead atoms. The molecule has 180 valence electrons. The summed E-state index contributed by atoms with van der Waals surface area (Å²) in [7, 11) is 0.981. The lowest BCUT2D eigenvalue weighted by atomic mass is 10.1. The molecule has 3 rings (SSSR count). The molecular weight excluding hydrogens is 498 g/mol. The minimum Gasteiger partial charge on any atom is -0.465 e. The van der Waals surface area contributed by atoms with Gasteiger partial charge in [0.05, 0.1) is 39.3 Å². The number of nitrogens with one attached hydrogen (secondary N) is 1. The lowest BCUT2D eigenvalue weighted by Gasteiger charge is -2.15. The van der Waals surface area contributed by atoms with Crippen molar-refractivity contribution >= 4 is 23.4 Å². The third-order valence-electron chi connectivity index (χ3n) is 4.29. The Balaban J connectivity index is 2.20. The third kappa shape index (κ3) is 4.90. The van der Waals surface area contributed by atoms with Crippen LogP contribution < -0.4 is 5.69 Å². The molecule has 3 aromatic rings. The zero-order chi connectivity index (χ0) is 25.4. The lowest BCUT2D eigenvalue weighted by Crippen LogP contribution is -2.21. The minimum absolute atomic E-state index is 0.246. The Bertz CT molecular complexity index is 1330. The number of aromatic amines is 1. The van der Waals surface area contributed by atoms with Gasteiger partial charge in [-0.15, -0.1) is 5.10 Å². The zero-order valence-electron chi connectivity index (χ0n) is 16.5. The average Bonchev–Trinajstić information content (AvgIpc) is 3.11. The first-order valence-electron chi connectivity index (χ1n) is 8.75. The molecule has 9 nitrogen and oxygen atoms in total. The molecule has 0 aliphatic rings. The molecule has 0 spiro atoms. The summed E-state index contributed by atoms with van der Waals surface area (Å²) in [6.45, 7) is 0. The summed E-state index contributed by atoms with van der Waals surface area (Å²) in [4.78, 5) is 33.9. The number of esters is 1. The standard InChI is InChI=1S/C18H10F6N4O5S/c1-33-14(29)8-2-4-10(18(22,23)24)11(6-8)27-15(30)25-26-16(27)34-13-5-3-9(17(19,20)21)7-12(13)28(31)32/h2-7H,1H3,(H,25,30). The van der Waals surface area contributed by atoms with Gasteiger partial charge in [-0.3, -0.25) is 10.1 Å². The normalized spacial score (nSPS) is 12.0. The van der Waals surface area contributed by atoms with Gasteiger partial charge in [0.15, 0.2) is 0 Å². The number of alkyl halides is 6. The molecule has 16 heteroatoms. The van der Waals surface area contributed by atoms with Gasteiger partial charge >= 0.3 is 24.0 Å². The number of aromatic nitrogens is 3. The van der Waals surface area contributed by atoms with Crippen LogP contribution in [0.1, 0.15) is 21.5 Å². The van der Waals surface area contributed by atoms with Crippen molar-refractivity contribution in [3.63, 3.8) is 0 Å². The molecule has 0 radical (unpaired) electrons. The van der Waals surface area contributed by atoms with Gasteiger partial charge < -0.3 is 4.74 Å². The highest BCUT2D eigenvalue weighted by Crippen LogP contribution is 2.40. The van der Waals surface area contributed by atoms with E-state index in [4.69, 9.17) is 0 Å². The number of ether oxygens (including phenoxy) is 1. The van der Waals surface area contributed by atoms with Gasteiger partial charge in [0.25, 0.3) is 5.69 Å². The first-order chi connectivity index (χ1) is 15.7. The topological polar surface area (TPSA) is 120 Å². The number of hydrogen-bond donors (Lipinski definition) is 1. The number of benzene rings is 2. The molecule has 0 aliphatic carbocycles. The molecule has 1 aromatic heterocycles. The van der Waals surface area contributed by atoms with Crippen LogP contribution in [-0.4, -0.2) is 32.8 Å². The van der Waals surface area contributed by atoms with Gasteiger partial charge in [-0.05, 0) is 42.1 Å². The molecule has 1 heterocycles. The number of rotatable bonds is 5. The summed E-state index contributed by atoms with van der Waals surface area (Å²) in [6, 6.07) is 3.55. The molecule has 0 aliphatic heterocycles. The molecule has 0 fully saturated rings. The molecule has 2 aromatic carbocycles. The number of methoxy groups -OCH3 is 1. The zero-order valence-corrected chi connectivity index (χ0v) is 17.3. The van der Waals surface area contributed by atoms with Gasteiger partial charge in [0.1, 0.15) is 0 Å². The van der Waals surface area contributed by atoms with E-state index < -0.39 is 61.5 Å². The van der Waals surface area contributed by atoms with Crippen LogP contribution in [0.2, 0.25) is 0 Å². The van der Waals surface area contributed by atoms with E-state index >= 15 is 0 Å². The van der Waals surface area contributed by atoms with E-state index in [1.54, 1.807) is 0 Å². The van der Waals surface area contributed by atoms with Crippen LogP contribution in [-0.2, 0) is 17.1 Å². The smallest absolute Gasteiger partial charge is 0.418 e. The first kappa shape index (κ1) is 24.8. The lowest BCUT2D eigenvalue weighted by molar-refractivity contribution is -0.388. The molecular formula is C18H10F6N4O5S. The Morgan fingerprint density at radius 2 is 1.79 bits per heavy atom. The molecule has 0 saturated heterocycles. The summed E-state index contributed by atoms with van der Waals surface area (Å²) in [6.07, 6.45) is -9.89.